The zero-order valence-electron chi connectivity index (χ0n) is 9.40. The number of carbonyl (C=O) groups is 2. The number of nitrogens with two attached hydrogens (primary N) is 1. The maximum atomic E-state index is 11.9. The number of likely N-dealkylation sites (N-methyl/N-ethyl adjacent to an activating group) is 1. The molecule has 5 nitrogen and oxygen atoms in total. The molecule has 0 fully saturated rings. The highest BCUT2D eigenvalue weighted by Crippen LogP contribution is 2.36. The van der Waals surface area contributed by atoms with Gasteiger partial charge in [-0.25, -0.2) is 4.90 Å². The third kappa shape index (κ3) is 2.27. The summed E-state index contributed by atoms with van der Waals surface area (Å²) in [5, 5.41) is 2.75. The van der Waals surface area contributed by atoms with Crippen molar-refractivity contribution in [1.29, 1.82) is 0 Å². The lowest BCUT2D eigenvalue weighted by atomic mass is 10.2. The number of benzene rings is 1. The first kappa shape index (κ1) is 11.9. The van der Waals surface area contributed by atoms with Gasteiger partial charge < -0.3 is 11.1 Å². The average Bonchev–Trinajstić information content (AvgIpc) is 2.28. The molecule has 1 aromatic carbocycles. The first-order valence-electron chi connectivity index (χ1n) is 5.16. The average molecular weight is 251 g/mol. The summed E-state index contributed by atoms with van der Waals surface area (Å²) in [6, 6.07) is 5.26. The van der Waals surface area contributed by atoms with Gasteiger partial charge in [-0.15, -0.1) is 11.8 Å². The number of amides is 2. The lowest BCUT2D eigenvalue weighted by Crippen LogP contribution is -2.44. The molecule has 0 aromatic heterocycles. The molecular formula is C11H13N3O2S. The Labute approximate surface area is 103 Å². The Morgan fingerprint density at radius 2 is 2.35 bits per heavy atom. The minimum absolute atomic E-state index is 0.130. The third-order valence-corrected chi connectivity index (χ3v) is 3.45. The van der Waals surface area contributed by atoms with Crippen LogP contribution in [0.5, 0.6) is 0 Å². The number of carbonyl (C=O) groups excluding carboxylic acids is 2. The van der Waals surface area contributed by atoms with E-state index in [0.29, 0.717) is 11.4 Å². The predicted octanol–water partition coefficient (Wildman–Crippen LogP) is 0.453. The zero-order chi connectivity index (χ0) is 12.4. The molecule has 0 aliphatic carbocycles. The Morgan fingerprint density at radius 3 is 3.06 bits per heavy atom. The van der Waals surface area contributed by atoms with Crippen molar-refractivity contribution < 1.29 is 9.59 Å². The highest BCUT2D eigenvalue weighted by molar-refractivity contribution is 8.00. The summed E-state index contributed by atoms with van der Waals surface area (Å²) in [4.78, 5) is 25.8. The molecule has 0 radical (unpaired) electrons. The third-order valence-electron chi connectivity index (χ3n) is 2.40. The Bertz CT molecular complexity index is 476. The molecule has 2 amide bonds. The van der Waals surface area contributed by atoms with Gasteiger partial charge >= 0.3 is 0 Å². The Balaban J connectivity index is 2.42. The van der Waals surface area contributed by atoms with Gasteiger partial charge in [-0.1, -0.05) is 0 Å². The van der Waals surface area contributed by atoms with Crippen molar-refractivity contribution in [3.63, 3.8) is 0 Å². The van der Waals surface area contributed by atoms with Crippen LogP contribution < -0.4 is 16.0 Å². The number of thioether (sulfide) groups is 1. The van der Waals surface area contributed by atoms with Crippen LogP contribution in [0.3, 0.4) is 0 Å². The summed E-state index contributed by atoms with van der Waals surface area (Å²) in [7, 11) is 1.67. The number of fused-ring (bicyclic) bond motifs is 1. The van der Waals surface area contributed by atoms with Gasteiger partial charge in [0, 0.05) is 10.6 Å². The molecule has 0 unspecified atom stereocenters. The molecule has 0 bridgehead atoms. The van der Waals surface area contributed by atoms with Crippen molar-refractivity contribution in [2.24, 2.45) is 0 Å². The lowest BCUT2D eigenvalue weighted by Gasteiger charge is -2.27. The van der Waals surface area contributed by atoms with Crippen LogP contribution in [0, 0.1) is 0 Å². The van der Waals surface area contributed by atoms with Crippen LogP contribution in [0.25, 0.3) is 0 Å². The predicted molar refractivity (Wildman–Crippen MR) is 68.0 cm³/mol. The van der Waals surface area contributed by atoms with Crippen LogP contribution >= 0.6 is 11.8 Å². The van der Waals surface area contributed by atoms with Crippen molar-refractivity contribution in [3.05, 3.63) is 18.2 Å². The largest absolute Gasteiger partial charge is 0.399 e. The maximum Gasteiger partial charge on any atom is 0.247 e. The van der Waals surface area contributed by atoms with Gasteiger partial charge in [0.2, 0.25) is 11.8 Å². The summed E-state index contributed by atoms with van der Waals surface area (Å²) < 4.78 is 0. The SMILES string of the molecule is CNCC(=O)N1C(=O)CSc2ccc(N)cc21. The minimum Gasteiger partial charge on any atom is -0.399 e. The normalized spacial score (nSPS) is 14.6. The Morgan fingerprint density at radius 1 is 1.59 bits per heavy atom. The number of imide groups is 1. The first-order chi connectivity index (χ1) is 8.13. The number of nitrogens with one attached hydrogen (secondary N) is 1. The Hall–Kier alpha value is -1.53. The number of rotatable bonds is 2. The van der Waals surface area contributed by atoms with E-state index in [1.54, 1.807) is 19.2 Å². The number of nitrogen functional groups attached to an aromatic ring is 1. The number of nitrogens with zero attached hydrogens (tertiary/aromatic N) is 1. The molecular weight excluding hydrogens is 238 g/mol. The molecule has 0 saturated heterocycles. The quantitative estimate of drug-likeness (QED) is 0.747. The molecule has 6 heteroatoms. The summed E-state index contributed by atoms with van der Waals surface area (Å²) in [5.74, 6) is -0.176. The molecule has 1 aromatic rings. The number of hydrogen-bond donors (Lipinski definition) is 2. The van der Waals surface area contributed by atoms with Crippen LogP contribution in [0.1, 0.15) is 0 Å². The summed E-state index contributed by atoms with van der Waals surface area (Å²) in [6.07, 6.45) is 0. The minimum atomic E-state index is -0.260. The van der Waals surface area contributed by atoms with E-state index in [4.69, 9.17) is 5.73 Å². The van der Waals surface area contributed by atoms with E-state index in [1.807, 2.05) is 6.07 Å². The molecule has 0 spiro atoms. The Kier molecular flexibility index (Phi) is 3.35. The van der Waals surface area contributed by atoms with Crippen molar-refractivity contribution in [1.82, 2.24) is 5.32 Å². The lowest BCUT2D eigenvalue weighted by molar-refractivity contribution is -0.124. The fourth-order valence-corrected chi connectivity index (χ4v) is 2.54. The van der Waals surface area contributed by atoms with E-state index in [1.165, 1.54) is 16.7 Å². The fraction of sp³-hybridized carbons (Fsp3) is 0.273. The van der Waals surface area contributed by atoms with Crippen molar-refractivity contribution in [3.8, 4) is 0 Å². The van der Waals surface area contributed by atoms with Gasteiger partial charge in [-0.05, 0) is 25.2 Å². The van der Waals surface area contributed by atoms with Gasteiger partial charge in [-0.2, -0.15) is 0 Å². The molecule has 1 aliphatic rings. The van der Waals surface area contributed by atoms with Gasteiger partial charge in [0.05, 0.1) is 18.0 Å². The second-order valence-corrected chi connectivity index (χ2v) is 4.69. The van der Waals surface area contributed by atoms with E-state index in [2.05, 4.69) is 5.32 Å². The fourth-order valence-electron chi connectivity index (χ4n) is 1.67. The van der Waals surface area contributed by atoms with Crippen LogP contribution in [0.4, 0.5) is 11.4 Å². The second kappa shape index (κ2) is 4.77. The molecule has 17 heavy (non-hydrogen) atoms. The van der Waals surface area contributed by atoms with Gasteiger partial charge in [0.25, 0.3) is 0 Å². The first-order valence-corrected chi connectivity index (χ1v) is 6.14. The van der Waals surface area contributed by atoms with Crippen LogP contribution in [0.2, 0.25) is 0 Å². The summed E-state index contributed by atoms with van der Waals surface area (Å²) in [6.45, 7) is 0.130. The zero-order valence-corrected chi connectivity index (χ0v) is 10.2. The second-order valence-electron chi connectivity index (χ2n) is 3.67. The molecule has 90 valence electrons. The van der Waals surface area contributed by atoms with E-state index in [0.717, 1.165) is 4.90 Å². The van der Waals surface area contributed by atoms with Crippen molar-refractivity contribution in [2.75, 3.05) is 30.0 Å². The van der Waals surface area contributed by atoms with Crippen molar-refractivity contribution in [2.45, 2.75) is 4.90 Å². The van der Waals surface area contributed by atoms with Crippen LogP contribution in [-0.4, -0.2) is 31.2 Å². The standard InChI is InChI=1S/C11H13N3O2S/c1-13-5-10(15)14-8-4-7(12)2-3-9(8)17-6-11(14)16/h2-4,13H,5-6,12H2,1H3. The molecule has 1 heterocycles. The van der Waals surface area contributed by atoms with Gasteiger partial charge in [0.1, 0.15) is 0 Å². The topological polar surface area (TPSA) is 75.4 Å². The van der Waals surface area contributed by atoms with Gasteiger partial charge in [0.15, 0.2) is 0 Å². The van der Waals surface area contributed by atoms with E-state index >= 15 is 0 Å². The monoisotopic (exact) mass is 251 g/mol. The highest BCUT2D eigenvalue weighted by Gasteiger charge is 2.29. The van der Waals surface area contributed by atoms with E-state index in [9.17, 15) is 9.59 Å². The van der Waals surface area contributed by atoms with E-state index in [-0.39, 0.29) is 24.1 Å². The van der Waals surface area contributed by atoms with Gasteiger partial charge in [-0.3, -0.25) is 9.59 Å². The van der Waals surface area contributed by atoms with Crippen LogP contribution in [-0.2, 0) is 9.59 Å². The summed E-state index contributed by atoms with van der Waals surface area (Å²) >= 11 is 1.43. The number of anilines is 2. The molecule has 2 rings (SSSR count). The van der Waals surface area contributed by atoms with Crippen molar-refractivity contribution >= 4 is 35.0 Å². The van der Waals surface area contributed by atoms with Crippen LogP contribution in [0.15, 0.2) is 23.1 Å². The van der Waals surface area contributed by atoms with E-state index < -0.39 is 0 Å². The highest BCUT2D eigenvalue weighted by atomic mass is 32.2. The maximum absolute atomic E-state index is 11.9. The molecule has 1 aliphatic heterocycles. The smallest absolute Gasteiger partial charge is 0.247 e. The molecule has 3 N–H and O–H groups in total. The summed E-state index contributed by atoms with van der Waals surface area (Å²) in [5.41, 5.74) is 6.82. The molecule has 0 atom stereocenters. The molecule has 0 saturated carbocycles. The number of hydrogen-bond acceptors (Lipinski definition) is 5.